The standard InChI is InChI=1S/C51H59ClF3N4O11PS3/c1-50(2,3)49(70-71(61,62)63)69-47(44-12-8-7-11-43(44)35-13-17-38(52)18-14-35)36-23-27-59(28-24-36)40-19-15-37(16-20-40)48(60)57-74(66,67)42-21-22-45(46(33-42)73(64,65)51(53,54)55)56-39(25-26-58-29-31-68-32-30-58)34-72-41-9-5-4-6-10-41/h4-22,33,36,39,47,49,56H,23-32,34H2,1-3H3,(H,57,60)(H2,61,62,63)/t39?,47-,49?/m1/s1. The van der Waals surface area contributed by atoms with Gasteiger partial charge in [-0.25, -0.2) is 26.1 Å². The molecule has 0 saturated carbocycles. The number of rotatable bonds is 20. The number of carbonyl (C=O) groups is 1. The van der Waals surface area contributed by atoms with E-state index in [1.807, 2.05) is 71.5 Å². The van der Waals surface area contributed by atoms with Crippen molar-refractivity contribution in [2.45, 2.75) is 78.7 Å². The Morgan fingerprint density at radius 2 is 1.50 bits per heavy atom. The number of benzene rings is 5. The fourth-order valence-electron chi connectivity index (χ4n) is 8.67. The van der Waals surface area contributed by atoms with Gasteiger partial charge in [0.1, 0.15) is 4.90 Å². The lowest BCUT2D eigenvalue weighted by Gasteiger charge is -2.41. The number of nitrogens with zero attached hydrogens (tertiary/aromatic N) is 2. The number of piperidine rings is 1. The van der Waals surface area contributed by atoms with Gasteiger partial charge in [-0.05, 0) is 109 Å². The summed E-state index contributed by atoms with van der Waals surface area (Å²) in [6.07, 6.45) is -0.477. The van der Waals surface area contributed by atoms with Gasteiger partial charge in [0.05, 0.1) is 29.9 Å². The monoisotopic (exact) mass is 1120 g/mol. The van der Waals surface area contributed by atoms with Crippen LogP contribution in [0.5, 0.6) is 0 Å². The minimum Gasteiger partial charge on any atom is -0.380 e. The molecule has 0 spiro atoms. The van der Waals surface area contributed by atoms with Gasteiger partial charge >= 0.3 is 13.3 Å². The van der Waals surface area contributed by atoms with Crippen molar-refractivity contribution < 1.29 is 63.2 Å². The van der Waals surface area contributed by atoms with Gasteiger partial charge in [-0.1, -0.05) is 87.0 Å². The summed E-state index contributed by atoms with van der Waals surface area (Å²) < 4.78 is 128. The summed E-state index contributed by atoms with van der Waals surface area (Å²) in [6.45, 7) is 9.12. The first-order chi connectivity index (χ1) is 34.9. The molecule has 7 rings (SSSR count). The number of halogens is 4. The summed E-state index contributed by atoms with van der Waals surface area (Å²) in [5.74, 6) is -0.942. The summed E-state index contributed by atoms with van der Waals surface area (Å²) in [4.78, 5) is 36.2. The molecule has 2 aliphatic rings. The minimum atomic E-state index is -6.11. The van der Waals surface area contributed by atoms with Crippen LogP contribution in [-0.2, 0) is 38.4 Å². The van der Waals surface area contributed by atoms with Gasteiger partial charge < -0.3 is 29.5 Å². The van der Waals surface area contributed by atoms with Gasteiger partial charge in [-0.2, -0.15) is 13.2 Å². The average Bonchev–Trinajstić information content (AvgIpc) is 3.36. The Hall–Kier alpha value is -4.51. The van der Waals surface area contributed by atoms with E-state index in [-0.39, 0.29) is 11.5 Å². The van der Waals surface area contributed by atoms with Crippen molar-refractivity contribution in [1.29, 1.82) is 0 Å². The Balaban J connectivity index is 1.07. The zero-order valence-corrected chi connectivity index (χ0v) is 44.9. The van der Waals surface area contributed by atoms with Gasteiger partial charge in [-0.3, -0.25) is 14.2 Å². The first kappa shape index (κ1) is 57.2. The molecule has 4 N–H and O–H groups in total. The Morgan fingerprint density at radius 1 is 0.865 bits per heavy atom. The van der Waals surface area contributed by atoms with E-state index in [0.717, 1.165) is 33.7 Å². The molecular weight excluding hydrogens is 1060 g/mol. The maximum absolute atomic E-state index is 14.3. The average molecular weight is 1120 g/mol. The van der Waals surface area contributed by atoms with Crippen molar-refractivity contribution in [3.8, 4) is 11.1 Å². The number of thioether (sulfide) groups is 1. The van der Waals surface area contributed by atoms with Crippen LogP contribution in [-0.4, -0.2) is 107 Å². The molecule has 2 aliphatic heterocycles. The number of ether oxygens (including phenoxy) is 2. The molecule has 400 valence electrons. The lowest BCUT2D eigenvalue weighted by atomic mass is 9.83. The molecule has 74 heavy (non-hydrogen) atoms. The number of hydrogen-bond acceptors (Lipinski definition) is 13. The van der Waals surface area contributed by atoms with Crippen molar-refractivity contribution in [2.24, 2.45) is 11.3 Å². The molecule has 2 fully saturated rings. The van der Waals surface area contributed by atoms with Crippen LogP contribution in [0, 0.1) is 11.3 Å². The van der Waals surface area contributed by atoms with E-state index >= 15 is 0 Å². The summed E-state index contributed by atoms with van der Waals surface area (Å²) >= 11 is 7.64. The van der Waals surface area contributed by atoms with E-state index in [2.05, 4.69) is 15.1 Å². The highest BCUT2D eigenvalue weighted by Gasteiger charge is 2.49. The maximum atomic E-state index is 14.3. The Kier molecular flexibility index (Phi) is 18.7. The predicted molar refractivity (Wildman–Crippen MR) is 279 cm³/mol. The van der Waals surface area contributed by atoms with Crippen LogP contribution in [0.4, 0.5) is 24.5 Å². The van der Waals surface area contributed by atoms with E-state index in [1.54, 1.807) is 45.0 Å². The molecule has 23 heteroatoms. The van der Waals surface area contributed by atoms with Gasteiger partial charge in [0.25, 0.3) is 25.8 Å². The molecule has 2 saturated heterocycles. The normalized spacial score (nSPS) is 16.9. The molecule has 5 aromatic rings. The Morgan fingerprint density at radius 3 is 2.12 bits per heavy atom. The first-order valence-corrected chi connectivity index (χ1v) is 29.6. The number of morpholine rings is 1. The van der Waals surface area contributed by atoms with Gasteiger partial charge in [0.15, 0.2) is 6.29 Å². The predicted octanol–water partition coefficient (Wildman–Crippen LogP) is 10.2. The molecule has 1 amide bonds. The fourth-order valence-corrected chi connectivity index (χ4v) is 12.4. The molecule has 2 heterocycles. The number of carbonyl (C=O) groups excluding carboxylic acids is 1. The van der Waals surface area contributed by atoms with Crippen molar-refractivity contribution in [1.82, 2.24) is 9.62 Å². The Labute approximate surface area is 439 Å². The van der Waals surface area contributed by atoms with E-state index in [0.29, 0.717) is 87.7 Å². The van der Waals surface area contributed by atoms with Crippen molar-refractivity contribution in [2.75, 3.05) is 61.9 Å². The highest BCUT2D eigenvalue weighted by molar-refractivity contribution is 7.99. The number of alkyl halides is 3. The second kappa shape index (κ2) is 24.2. The van der Waals surface area contributed by atoms with Crippen LogP contribution in [0.2, 0.25) is 5.02 Å². The van der Waals surface area contributed by atoms with Gasteiger partial charge in [-0.15, -0.1) is 11.8 Å². The molecule has 3 atom stereocenters. The zero-order valence-electron chi connectivity index (χ0n) is 40.8. The number of sulfone groups is 1. The van der Waals surface area contributed by atoms with Crippen LogP contribution in [0.3, 0.4) is 0 Å². The number of amides is 1. The number of sulfonamides is 1. The number of nitrogens with one attached hydrogen (secondary N) is 2. The summed E-state index contributed by atoms with van der Waals surface area (Å²) in [5.41, 5.74) is -4.01. The van der Waals surface area contributed by atoms with Gasteiger partial charge in [0, 0.05) is 71.1 Å². The molecule has 0 bridgehead atoms. The van der Waals surface area contributed by atoms with Crippen LogP contribution in [0.25, 0.3) is 11.1 Å². The molecule has 0 aromatic heterocycles. The molecule has 2 unspecified atom stereocenters. The Bertz CT molecular complexity index is 2970. The summed E-state index contributed by atoms with van der Waals surface area (Å²) in [7, 11) is -16.0. The second-order valence-electron chi connectivity index (χ2n) is 19.1. The topological polar surface area (TPSA) is 201 Å². The van der Waals surface area contributed by atoms with Crippen LogP contribution < -0.4 is 14.9 Å². The zero-order chi connectivity index (χ0) is 53.5. The number of phosphoric ester groups is 1. The van der Waals surface area contributed by atoms with E-state index in [4.69, 9.17) is 25.6 Å². The number of phosphoric acid groups is 1. The fraction of sp³-hybridized carbons (Fsp3) is 0.392. The number of hydrogen-bond donors (Lipinski definition) is 4. The molecule has 5 aromatic carbocycles. The van der Waals surface area contributed by atoms with E-state index < -0.39 is 78.4 Å². The molecular formula is C51H59ClF3N4O11PS3. The summed E-state index contributed by atoms with van der Waals surface area (Å²) in [5, 5.41) is 3.53. The number of anilines is 2. The highest BCUT2D eigenvalue weighted by Crippen LogP contribution is 2.47. The third kappa shape index (κ3) is 15.1. The van der Waals surface area contributed by atoms with Crippen LogP contribution in [0.15, 0.2) is 136 Å². The minimum absolute atomic E-state index is 0.0989. The van der Waals surface area contributed by atoms with Crippen LogP contribution >= 0.6 is 31.2 Å². The first-order valence-electron chi connectivity index (χ1n) is 23.7. The third-order valence-electron chi connectivity index (χ3n) is 12.6. The molecule has 0 radical (unpaired) electrons. The van der Waals surface area contributed by atoms with Crippen molar-refractivity contribution in [3.05, 3.63) is 137 Å². The maximum Gasteiger partial charge on any atom is 0.501 e. The SMILES string of the molecule is CC(C)(C)C(O[C@@H](c1ccccc1-c1ccc(Cl)cc1)C1CCN(c2ccc(C(=O)NS(=O)(=O)c3ccc(NC(CCN4CCOCC4)CSc4ccccc4)c(S(=O)(=O)C(F)(F)F)c3)cc2)CC1)OP(=O)(O)O. The molecule has 0 aliphatic carbocycles. The van der Waals surface area contributed by atoms with E-state index in [9.17, 15) is 49.2 Å². The van der Waals surface area contributed by atoms with Crippen LogP contribution in [0.1, 0.15) is 62.1 Å². The molecule has 15 nitrogen and oxygen atoms in total. The van der Waals surface area contributed by atoms with Crippen molar-refractivity contribution >= 4 is 68.3 Å². The lowest BCUT2D eigenvalue weighted by Crippen LogP contribution is -2.39. The third-order valence-corrected chi connectivity index (χ3v) is 17.4. The highest BCUT2D eigenvalue weighted by atomic mass is 35.5. The summed E-state index contributed by atoms with van der Waals surface area (Å²) in [6, 6.07) is 32.0. The smallest absolute Gasteiger partial charge is 0.380 e. The quantitative estimate of drug-likeness (QED) is 0.0326. The van der Waals surface area contributed by atoms with E-state index in [1.165, 1.54) is 23.9 Å². The lowest BCUT2D eigenvalue weighted by molar-refractivity contribution is -0.194. The second-order valence-corrected chi connectivity index (χ2v) is 25.4. The largest absolute Gasteiger partial charge is 0.501 e. The van der Waals surface area contributed by atoms with Crippen molar-refractivity contribution in [3.63, 3.8) is 0 Å². The van der Waals surface area contributed by atoms with Gasteiger partial charge in [0.2, 0.25) is 0 Å².